The molecule has 0 atom stereocenters. The van der Waals surface area contributed by atoms with Crippen molar-refractivity contribution >= 4 is 11.8 Å². The zero-order valence-corrected chi connectivity index (χ0v) is 10.9. The summed E-state index contributed by atoms with van der Waals surface area (Å²) in [7, 11) is 0. The first kappa shape index (κ1) is 13.1. The van der Waals surface area contributed by atoms with Gasteiger partial charge in [-0.2, -0.15) is 11.8 Å². The van der Waals surface area contributed by atoms with Gasteiger partial charge in [-0.25, -0.2) is 4.39 Å². The molecule has 3 heteroatoms. The lowest BCUT2D eigenvalue weighted by molar-refractivity contribution is 0.616. The number of thioether (sulfide) groups is 1. The van der Waals surface area contributed by atoms with E-state index in [1.54, 1.807) is 17.8 Å². The molecule has 0 aliphatic rings. The van der Waals surface area contributed by atoms with Gasteiger partial charge in [0, 0.05) is 18.1 Å². The fourth-order valence-electron chi connectivity index (χ4n) is 1.72. The van der Waals surface area contributed by atoms with Crippen LogP contribution in [0.5, 0.6) is 0 Å². The molecule has 0 saturated carbocycles. The Kier molecular flexibility index (Phi) is 4.79. The van der Waals surface area contributed by atoms with Crippen molar-refractivity contribution in [3.05, 3.63) is 71.0 Å². The highest BCUT2D eigenvalue weighted by atomic mass is 32.2. The lowest BCUT2D eigenvalue weighted by atomic mass is 10.1. The molecule has 0 aromatic heterocycles. The molecule has 0 aliphatic carbocycles. The summed E-state index contributed by atoms with van der Waals surface area (Å²) >= 11 is 1.71. The maximum absolute atomic E-state index is 13.6. The molecule has 0 saturated heterocycles. The monoisotopic (exact) mass is 261 g/mol. The minimum atomic E-state index is -0.146. The van der Waals surface area contributed by atoms with E-state index >= 15 is 0 Å². The van der Waals surface area contributed by atoms with Crippen molar-refractivity contribution in [2.45, 2.75) is 18.1 Å². The predicted molar refractivity (Wildman–Crippen MR) is 75.7 cm³/mol. The SMILES string of the molecule is NCc1ccc(F)c(CSCc2ccccc2)c1. The molecule has 0 unspecified atom stereocenters. The van der Waals surface area contributed by atoms with E-state index in [1.807, 2.05) is 24.3 Å². The third-order valence-corrected chi connectivity index (χ3v) is 3.77. The molecule has 2 N–H and O–H groups in total. The molecule has 1 nitrogen and oxygen atoms in total. The van der Waals surface area contributed by atoms with Crippen LogP contribution >= 0.6 is 11.8 Å². The van der Waals surface area contributed by atoms with E-state index in [0.29, 0.717) is 12.3 Å². The van der Waals surface area contributed by atoms with Crippen LogP contribution in [0.25, 0.3) is 0 Å². The summed E-state index contributed by atoms with van der Waals surface area (Å²) in [5.74, 6) is 1.43. The highest BCUT2D eigenvalue weighted by Gasteiger charge is 2.03. The second-order valence-electron chi connectivity index (χ2n) is 4.11. The highest BCUT2D eigenvalue weighted by molar-refractivity contribution is 7.97. The Morgan fingerprint density at radius 2 is 1.72 bits per heavy atom. The molecule has 0 amide bonds. The van der Waals surface area contributed by atoms with Gasteiger partial charge >= 0.3 is 0 Å². The van der Waals surface area contributed by atoms with E-state index < -0.39 is 0 Å². The van der Waals surface area contributed by atoms with Gasteiger partial charge in [0.1, 0.15) is 5.82 Å². The molecule has 0 aliphatic heterocycles. The zero-order chi connectivity index (χ0) is 12.8. The van der Waals surface area contributed by atoms with E-state index in [-0.39, 0.29) is 5.82 Å². The smallest absolute Gasteiger partial charge is 0.127 e. The molecular formula is C15H16FNS. The molecule has 18 heavy (non-hydrogen) atoms. The predicted octanol–water partition coefficient (Wildman–Crippen LogP) is 3.72. The van der Waals surface area contributed by atoms with Gasteiger partial charge in [-0.3, -0.25) is 0 Å². The number of hydrogen-bond donors (Lipinski definition) is 1. The molecule has 0 radical (unpaired) electrons. The molecule has 2 aromatic carbocycles. The van der Waals surface area contributed by atoms with Gasteiger partial charge in [0.05, 0.1) is 0 Å². The molecular weight excluding hydrogens is 245 g/mol. The van der Waals surface area contributed by atoms with Crippen molar-refractivity contribution in [1.82, 2.24) is 0 Å². The Balaban J connectivity index is 1.94. The Morgan fingerprint density at radius 1 is 0.944 bits per heavy atom. The van der Waals surface area contributed by atoms with Gasteiger partial charge in [0.25, 0.3) is 0 Å². The van der Waals surface area contributed by atoms with Gasteiger partial charge in [0.15, 0.2) is 0 Å². The molecule has 2 aromatic rings. The topological polar surface area (TPSA) is 26.0 Å². The molecule has 0 spiro atoms. The Hall–Kier alpha value is -1.32. The second-order valence-corrected chi connectivity index (χ2v) is 5.09. The summed E-state index contributed by atoms with van der Waals surface area (Å²) in [6, 6.07) is 15.3. The van der Waals surface area contributed by atoms with Gasteiger partial charge in [-0.1, -0.05) is 42.5 Å². The third kappa shape index (κ3) is 3.59. The van der Waals surface area contributed by atoms with Crippen LogP contribution in [0.1, 0.15) is 16.7 Å². The zero-order valence-electron chi connectivity index (χ0n) is 10.1. The van der Waals surface area contributed by atoms with E-state index in [2.05, 4.69) is 12.1 Å². The lowest BCUT2D eigenvalue weighted by Crippen LogP contribution is -1.98. The van der Waals surface area contributed by atoms with Gasteiger partial charge in [-0.05, 0) is 22.8 Å². The first-order valence-corrected chi connectivity index (χ1v) is 7.04. The van der Waals surface area contributed by atoms with Crippen LogP contribution in [0.2, 0.25) is 0 Å². The van der Waals surface area contributed by atoms with Crippen LogP contribution < -0.4 is 5.73 Å². The van der Waals surface area contributed by atoms with Crippen LogP contribution in [0.3, 0.4) is 0 Å². The van der Waals surface area contributed by atoms with Crippen molar-refractivity contribution in [3.63, 3.8) is 0 Å². The average molecular weight is 261 g/mol. The minimum absolute atomic E-state index is 0.146. The first-order chi connectivity index (χ1) is 8.79. The summed E-state index contributed by atoms with van der Waals surface area (Å²) < 4.78 is 13.6. The fraction of sp³-hybridized carbons (Fsp3) is 0.200. The standard InChI is InChI=1S/C15H16FNS/c16-15-7-6-13(9-17)8-14(15)11-18-10-12-4-2-1-3-5-12/h1-8H,9-11,17H2. The Labute approximate surface area is 111 Å². The number of hydrogen-bond acceptors (Lipinski definition) is 2. The molecule has 2 rings (SSSR count). The van der Waals surface area contributed by atoms with Crippen molar-refractivity contribution < 1.29 is 4.39 Å². The molecule has 0 fully saturated rings. The van der Waals surface area contributed by atoms with Gasteiger partial charge in [0.2, 0.25) is 0 Å². The molecule has 0 heterocycles. The molecule has 94 valence electrons. The molecule has 0 bridgehead atoms. The second kappa shape index (κ2) is 6.57. The third-order valence-electron chi connectivity index (χ3n) is 2.71. The number of halogens is 1. The maximum Gasteiger partial charge on any atom is 0.127 e. The summed E-state index contributed by atoms with van der Waals surface area (Å²) in [5.41, 5.74) is 8.53. The van der Waals surface area contributed by atoms with Crippen molar-refractivity contribution in [2.24, 2.45) is 5.73 Å². The Bertz CT molecular complexity index is 499. The van der Waals surface area contributed by atoms with Gasteiger partial charge in [-0.15, -0.1) is 0 Å². The minimum Gasteiger partial charge on any atom is -0.326 e. The normalized spacial score (nSPS) is 10.6. The summed E-state index contributed by atoms with van der Waals surface area (Å²) in [6.07, 6.45) is 0. The van der Waals surface area contributed by atoms with Crippen LogP contribution in [0.15, 0.2) is 48.5 Å². The van der Waals surface area contributed by atoms with Crippen LogP contribution in [-0.4, -0.2) is 0 Å². The van der Waals surface area contributed by atoms with Crippen molar-refractivity contribution in [2.75, 3.05) is 0 Å². The van der Waals surface area contributed by atoms with Gasteiger partial charge < -0.3 is 5.73 Å². The van der Waals surface area contributed by atoms with Crippen molar-refractivity contribution in [1.29, 1.82) is 0 Å². The van der Waals surface area contributed by atoms with Crippen LogP contribution in [0, 0.1) is 5.82 Å². The summed E-state index contributed by atoms with van der Waals surface area (Å²) in [4.78, 5) is 0. The highest BCUT2D eigenvalue weighted by Crippen LogP contribution is 2.20. The lowest BCUT2D eigenvalue weighted by Gasteiger charge is -2.06. The van der Waals surface area contributed by atoms with E-state index in [4.69, 9.17) is 5.73 Å². The van der Waals surface area contributed by atoms with E-state index in [9.17, 15) is 4.39 Å². The van der Waals surface area contributed by atoms with Crippen molar-refractivity contribution in [3.8, 4) is 0 Å². The summed E-state index contributed by atoms with van der Waals surface area (Å²) in [6.45, 7) is 0.455. The fourth-order valence-corrected chi connectivity index (χ4v) is 2.69. The maximum atomic E-state index is 13.6. The van der Waals surface area contributed by atoms with E-state index in [0.717, 1.165) is 16.9 Å². The van der Waals surface area contributed by atoms with Crippen LogP contribution in [-0.2, 0) is 18.1 Å². The van der Waals surface area contributed by atoms with Crippen LogP contribution in [0.4, 0.5) is 4.39 Å². The summed E-state index contributed by atoms with van der Waals surface area (Å²) in [5, 5.41) is 0. The average Bonchev–Trinajstić information content (AvgIpc) is 2.42. The number of rotatable bonds is 5. The largest absolute Gasteiger partial charge is 0.326 e. The number of nitrogens with two attached hydrogens (primary N) is 1. The Morgan fingerprint density at radius 3 is 2.44 bits per heavy atom. The van der Waals surface area contributed by atoms with E-state index in [1.165, 1.54) is 11.6 Å². The first-order valence-electron chi connectivity index (χ1n) is 5.88. The number of benzene rings is 2. The quantitative estimate of drug-likeness (QED) is 0.887.